The van der Waals surface area contributed by atoms with Gasteiger partial charge in [0.1, 0.15) is 0 Å². The second kappa shape index (κ2) is 7.16. The van der Waals surface area contributed by atoms with Crippen LogP contribution in [0.2, 0.25) is 10.0 Å². The van der Waals surface area contributed by atoms with Crippen LogP contribution < -0.4 is 4.80 Å². The van der Waals surface area contributed by atoms with E-state index in [2.05, 4.69) is 37.6 Å². The van der Waals surface area contributed by atoms with Crippen LogP contribution in [0.5, 0.6) is 0 Å². The van der Waals surface area contributed by atoms with Crippen LogP contribution in [0.1, 0.15) is 21.5 Å². The standard InChI is InChI=1S/C19H16Cl2N2OS/c1-4-7-23-16-8-11(2)12(3)9-17(16)25-19(23)22-18(24)14-6-5-13(20)10-15(14)21/h4-6,8-10H,1,7H2,2-3H3. The number of aromatic nitrogens is 1. The van der Waals surface area contributed by atoms with E-state index < -0.39 is 0 Å². The van der Waals surface area contributed by atoms with Crippen LogP contribution in [0.25, 0.3) is 10.2 Å². The molecule has 1 amide bonds. The van der Waals surface area contributed by atoms with Gasteiger partial charge in [0.15, 0.2) is 4.80 Å². The van der Waals surface area contributed by atoms with Gasteiger partial charge in [0.2, 0.25) is 0 Å². The van der Waals surface area contributed by atoms with Crippen LogP contribution in [0.15, 0.2) is 48.0 Å². The second-order valence-corrected chi connectivity index (χ2v) is 7.58. The number of benzene rings is 2. The quantitative estimate of drug-likeness (QED) is 0.539. The summed E-state index contributed by atoms with van der Waals surface area (Å²) >= 11 is 13.5. The van der Waals surface area contributed by atoms with Crippen molar-refractivity contribution in [3.05, 3.63) is 74.5 Å². The van der Waals surface area contributed by atoms with E-state index in [1.807, 2.05) is 4.57 Å². The normalized spacial score (nSPS) is 11.9. The number of fused-ring (bicyclic) bond motifs is 1. The molecule has 0 radical (unpaired) electrons. The first kappa shape index (κ1) is 17.9. The summed E-state index contributed by atoms with van der Waals surface area (Å²) in [6.45, 7) is 8.52. The lowest BCUT2D eigenvalue weighted by Gasteiger charge is -2.04. The summed E-state index contributed by atoms with van der Waals surface area (Å²) in [7, 11) is 0. The Hall–Kier alpha value is -1.88. The fraction of sp³-hybridized carbons (Fsp3) is 0.158. The molecule has 0 unspecified atom stereocenters. The van der Waals surface area contributed by atoms with Gasteiger partial charge in [-0.2, -0.15) is 4.99 Å². The SMILES string of the molecule is C=CCn1c(=NC(=O)c2ccc(Cl)cc2Cl)sc2cc(C)c(C)cc21. The van der Waals surface area contributed by atoms with Crippen LogP contribution in [-0.4, -0.2) is 10.5 Å². The maximum absolute atomic E-state index is 12.6. The highest BCUT2D eigenvalue weighted by Gasteiger charge is 2.12. The van der Waals surface area contributed by atoms with E-state index in [9.17, 15) is 4.79 Å². The van der Waals surface area contributed by atoms with Gasteiger partial charge in [-0.1, -0.05) is 40.6 Å². The minimum atomic E-state index is -0.389. The van der Waals surface area contributed by atoms with Crippen LogP contribution in [0.3, 0.4) is 0 Å². The van der Waals surface area contributed by atoms with Crippen LogP contribution in [-0.2, 0) is 6.54 Å². The number of hydrogen-bond acceptors (Lipinski definition) is 2. The number of hydrogen-bond donors (Lipinski definition) is 0. The predicted molar refractivity (Wildman–Crippen MR) is 106 cm³/mol. The van der Waals surface area contributed by atoms with E-state index in [0.717, 1.165) is 10.2 Å². The highest BCUT2D eigenvalue weighted by Crippen LogP contribution is 2.23. The molecule has 0 saturated heterocycles. The summed E-state index contributed by atoms with van der Waals surface area (Å²) < 4.78 is 3.07. The lowest BCUT2D eigenvalue weighted by atomic mass is 10.1. The van der Waals surface area contributed by atoms with E-state index in [4.69, 9.17) is 23.2 Å². The molecule has 1 heterocycles. The molecule has 0 saturated carbocycles. The Morgan fingerprint density at radius 3 is 2.64 bits per heavy atom. The van der Waals surface area contributed by atoms with Gasteiger partial charge in [-0.25, -0.2) is 0 Å². The van der Waals surface area contributed by atoms with Crippen molar-refractivity contribution in [3.63, 3.8) is 0 Å². The molecular formula is C19H16Cl2N2OS. The topological polar surface area (TPSA) is 34.4 Å². The second-order valence-electron chi connectivity index (χ2n) is 5.73. The van der Waals surface area contributed by atoms with Crippen LogP contribution in [0, 0.1) is 13.8 Å². The molecule has 3 nitrogen and oxygen atoms in total. The fourth-order valence-corrected chi connectivity index (χ4v) is 4.13. The molecular weight excluding hydrogens is 375 g/mol. The largest absolute Gasteiger partial charge is 0.312 e. The van der Waals surface area contributed by atoms with Gasteiger partial charge in [-0.3, -0.25) is 4.79 Å². The molecule has 6 heteroatoms. The van der Waals surface area contributed by atoms with Crippen molar-refractivity contribution < 1.29 is 4.79 Å². The number of aryl methyl sites for hydroxylation is 2. The average molecular weight is 391 g/mol. The third-order valence-electron chi connectivity index (χ3n) is 3.97. The van der Waals surface area contributed by atoms with Gasteiger partial charge in [0, 0.05) is 11.6 Å². The smallest absolute Gasteiger partial charge is 0.281 e. The molecule has 0 fully saturated rings. The van der Waals surface area contributed by atoms with Gasteiger partial charge < -0.3 is 4.57 Å². The average Bonchev–Trinajstić information content (AvgIpc) is 2.85. The zero-order chi connectivity index (χ0) is 18.1. The van der Waals surface area contributed by atoms with Crippen molar-refractivity contribution in [2.24, 2.45) is 4.99 Å². The van der Waals surface area contributed by atoms with Crippen molar-refractivity contribution in [2.45, 2.75) is 20.4 Å². The minimum Gasteiger partial charge on any atom is -0.312 e. The van der Waals surface area contributed by atoms with Gasteiger partial charge >= 0.3 is 0 Å². The van der Waals surface area contributed by atoms with Crippen molar-refractivity contribution in [1.29, 1.82) is 0 Å². The van der Waals surface area contributed by atoms with Gasteiger partial charge in [-0.15, -0.1) is 6.58 Å². The van der Waals surface area contributed by atoms with Crippen molar-refractivity contribution in [3.8, 4) is 0 Å². The zero-order valence-corrected chi connectivity index (χ0v) is 16.2. The molecule has 0 aliphatic carbocycles. The third-order valence-corrected chi connectivity index (χ3v) is 5.56. The Kier molecular flexibility index (Phi) is 5.13. The first-order chi connectivity index (χ1) is 11.9. The molecule has 25 heavy (non-hydrogen) atoms. The van der Waals surface area contributed by atoms with Crippen molar-refractivity contribution in [1.82, 2.24) is 4.57 Å². The van der Waals surface area contributed by atoms with Gasteiger partial charge in [-0.05, 0) is 55.3 Å². The van der Waals surface area contributed by atoms with Crippen LogP contribution >= 0.6 is 34.5 Å². The molecule has 3 rings (SSSR count). The minimum absolute atomic E-state index is 0.296. The molecule has 3 aromatic rings. The summed E-state index contributed by atoms with van der Waals surface area (Å²) in [6.07, 6.45) is 1.79. The zero-order valence-electron chi connectivity index (χ0n) is 13.8. The molecule has 0 aliphatic heterocycles. The predicted octanol–water partition coefficient (Wildman–Crippen LogP) is 5.55. The Morgan fingerprint density at radius 2 is 1.96 bits per heavy atom. The molecule has 0 N–H and O–H groups in total. The molecule has 128 valence electrons. The summed E-state index contributed by atoms with van der Waals surface area (Å²) in [5.74, 6) is -0.389. The lowest BCUT2D eigenvalue weighted by molar-refractivity contribution is 0.0998. The molecule has 2 aromatic carbocycles. The Labute approximate surface area is 159 Å². The summed E-state index contributed by atoms with van der Waals surface area (Å²) in [6, 6.07) is 9.00. The number of rotatable bonds is 3. The first-order valence-corrected chi connectivity index (χ1v) is 9.23. The Bertz CT molecular complexity index is 1060. The van der Waals surface area contributed by atoms with Crippen LogP contribution in [0.4, 0.5) is 0 Å². The molecule has 0 aliphatic rings. The number of allylic oxidation sites excluding steroid dienone is 1. The third kappa shape index (κ3) is 3.56. The van der Waals surface area contributed by atoms with Crippen molar-refractivity contribution in [2.75, 3.05) is 0 Å². The number of carbonyl (C=O) groups is 1. The summed E-state index contributed by atoms with van der Waals surface area (Å²) in [5.41, 5.74) is 3.78. The maximum Gasteiger partial charge on any atom is 0.281 e. The van der Waals surface area contributed by atoms with Crippen molar-refractivity contribution >= 4 is 50.7 Å². The summed E-state index contributed by atoms with van der Waals surface area (Å²) in [4.78, 5) is 17.5. The van der Waals surface area contributed by atoms with E-state index in [-0.39, 0.29) is 5.91 Å². The molecule has 0 bridgehead atoms. The molecule has 1 aromatic heterocycles. The Balaban J connectivity index is 2.19. The first-order valence-electron chi connectivity index (χ1n) is 7.66. The highest BCUT2D eigenvalue weighted by atomic mass is 35.5. The molecule has 0 spiro atoms. The van der Waals surface area contributed by atoms with E-state index in [1.165, 1.54) is 22.5 Å². The number of carbonyl (C=O) groups excluding carboxylic acids is 1. The number of halogens is 2. The summed E-state index contributed by atoms with van der Waals surface area (Å²) in [5, 5.41) is 0.778. The maximum atomic E-state index is 12.6. The Morgan fingerprint density at radius 1 is 1.24 bits per heavy atom. The highest BCUT2D eigenvalue weighted by molar-refractivity contribution is 7.16. The fourth-order valence-electron chi connectivity index (χ4n) is 2.52. The lowest BCUT2D eigenvalue weighted by Crippen LogP contribution is -2.16. The molecule has 0 atom stereocenters. The van der Waals surface area contributed by atoms with Gasteiger partial charge in [0.05, 0.1) is 20.8 Å². The van der Waals surface area contributed by atoms with Gasteiger partial charge in [0.25, 0.3) is 5.91 Å². The number of nitrogens with zero attached hydrogens (tertiary/aromatic N) is 2. The number of amides is 1. The van der Waals surface area contributed by atoms with E-state index in [1.54, 1.807) is 24.3 Å². The monoisotopic (exact) mass is 390 g/mol. The van der Waals surface area contributed by atoms with E-state index in [0.29, 0.717) is 27.0 Å². The number of thiazole rings is 1. The van der Waals surface area contributed by atoms with E-state index >= 15 is 0 Å².